The maximum Gasteiger partial charge on any atom is 0.0161 e. The molecule has 0 aromatic carbocycles. The molecule has 0 saturated heterocycles. The van der Waals surface area contributed by atoms with Gasteiger partial charge in [-0.1, -0.05) is 20.8 Å². The summed E-state index contributed by atoms with van der Waals surface area (Å²) >= 11 is 0. The molecule has 0 atom stereocenters. The first kappa shape index (κ1) is 16.9. The molecular weight excluding hydrogens is 210 g/mol. The van der Waals surface area contributed by atoms with Gasteiger partial charge in [0.1, 0.15) is 0 Å². The maximum atomic E-state index is 6.26. The summed E-state index contributed by atoms with van der Waals surface area (Å²) in [5, 5.41) is 0. The van der Waals surface area contributed by atoms with E-state index in [-0.39, 0.29) is 11.0 Å². The van der Waals surface area contributed by atoms with Crippen LogP contribution in [0.15, 0.2) is 0 Å². The van der Waals surface area contributed by atoms with E-state index in [2.05, 4.69) is 58.5 Å². The van der Waals surface area contributed by atoms with E-state index in [4.69, 9.17) is 5.73 Å². The van der Waals surface area contributed by atoms with Crippen molar-refractivity contribution in [3.63, 3.8) is 0 Å². The quantitative estimate of drug-likeness (QED) is 0.708. The lowest BCUT2D eigenvalue weighted by Crippen LogP contribution is -2.53. The fraction of sp³-hybridized carbons (Fsp3) is 1.00. The molecule has 0 heterocycles. The number of nitrogens with zero attached hydrogens (tertiary/aromatic N) is 2. The van der Waals surface area contributed by atoms with Crippen molar-refractivity contribution in [3.8, 4) is 0 Å². The summed E-state index contributed by atoms with van der Waals surface area (Å²) in [5.41, 5.74) is 6.26. The lowest BCUT2D eigenvalue weighted by Gasteiger charge is -2.42. The second-order valence-electron chi connectivity index (χ2n) is 6.63. The van der Waals surface area contributed by atoms with E-state index in [9.17, 15) is 0 Å². The number of nitrogens with two attached hydrogens (primary N) is 1. The maximum absolute atomic E-state index is 6.26. The molecule has 0 unspecified atom stereocenters. The lowest BCUT2D eigenvalue weighted by atomic mass is 9.75. The van der Waals surface area contributed by atoms with Gasteiger partial charge in [-0.05, 0) is 59.4 Å². The molecule has 0 amide bonds. The Balaban J connectivity index is 4.21. The summed E-state index contributed by atoms with van der Waals surface area (Å²) in [5.74, 6) is 0. The van der Waals surface area contributed by atoms with Crippen LogP contribution in [0.5, 0.6) is 0 Å². The molecule has 0 radical (unpaired) electrons. The van der Waals surface area contributed by atoms with Crippen LogP contribution in [0.2, 0.25) is 0 Å². The van der Waals surface area contributed by atoms with Crippen LogP contribution >= 0.6 is 0 Å². The lowest BCUT2D eigenvalue weighted by molar-refractivity contribution is 0.114. The van der Waals surface area contributed by atoms with Crippen molar-refractivity contribution in [1.82, 2.24) is 9.80 Å². The predicted molar refractivity (Wildman–Crippen MR) is 77.3 cm³/mol. The minimum Gasteiger partial charge on any atom is -0.325 e. The van der Waals surface area contributed by atoms with E-state index in [0.29, 0.717) is 0 Å². The number of rotatable bonds is 8. The zero-order chi connectivity index (χ0) is 13.7. The summed E-state index contributed by atoms with van der Waals surface area (Å²) in [6.07, 6.45) is 1.22. The van der Waals surface area contributed by atoms with Gasteiger partial charge in [0.25, 0.3) is 0 Å². The number of hydrogen-bond donors (Lipinski definition) is 1. The molecule has 0 aromatic rings. The van der Waals surface area contributed by atoms with E-state index in [1.165, 1.54) is 6.42 Å². The highest BCUT2D eigenvalue weighted by atomic mass is 15.1. The Hall–Kier alpha value is -0.120. The molecule has 0 bridgehead atoms. The van der Waals surface area contributed by atoms with Crippen LogP contribution in [0.4, 0.5) is 0 Å². The minimum atomic E-state index is -0.137. The summed E-state index contributed by atoms with van der Waals surface area (Å²) < 4.78 is 0. The first-order valence-electron chi connectivity index (χ1n) is 6.76. The average Bonchev–Trinajstić information content (AvgIpc) is 2.13. The molecule has 0 fully saturated rings. The second-order valence-corrected chi connectivity index (χ2v) is 6.63. The summed E-state index contributed by atoms with van der Waals surface area (Å²) in [6, 6.07) is 0. The number of hydrogen-bond acceptors (Lipinski definition) is 3. The van der Waals surface area contributed by atoms with Crippen molar-refractivity contribution < 1.29 is 0 Å². The van der Waals surface area contributed by atoms with Crippen molar-refractivity contribution in [2.24, 2.45) is 11.1 Å². The van der Waals surface area contributed by atoms with Crippen molar-refractivity contribution in [3.05, 3.63) is 0 Å². The van der Waals surface area contributed by atoms with Crippen LogP contribution in [-0.2, 0) is 0 Å². The van der Waals surface area contributed by atoms with Gasteiger partial charge in [-0.15, -0.1) is 0 Å². The third-order valence-corrected chi connectivity index (χ3v) is 3.89. The van der Waals surface area contributed by atoms with E-state index >= 15 is 0 Å². The molecule has 0 aromatic heterocycles. The topological polar surface area (TPSA) is 32.5 Å². The molecule has 17 heavy (non-hydrogen) atoms. The Labute approximate surface area is 108 Å². The SMILES string of the molecule is CCN(CCCN(C)C)CC(C)(C)C(C)(C)N. The van der Waals surface area contributed by atoms with Crippen LogP contribution < -0.4 is 5.73 Å². The molecule has 0 rings (SSSR count). The highest BCUT2D eigenvalue weighted by Gasteiger charge is 2.34. The first-order valence-corrected chi connectivity index (χ1v) is 6.76. The van der Waals surface area contributed by atoms with Gasteiger partial charge in [0, 0.05) is 12.1 Å². The molecule has 0 saturated carbocycles. The van der Waals surface area contributed by atoms with E-state index in [1.54, 1.807) is 0 Å². The molecule has 104 valence electrons. The fourth-order valence-electron chi connectivity index (χ4n) is 1.72. The highest BCUT2D eigenvalue weighted by Crippen LogP contribution is 2.29. The van der Waals surface area contributed by atoms with Crippen molar-refractivity contribution in [2.45, 2.75) is 46.6 Å². The van der Waals surface area contributed by atoms with E-state index in [1.807, 2.05) is 0 Å². The largest absolute Gasteiger partial charge is 0.325 e. The van der Waals surface area contributed by atoms with Crippen LogP contribution in [0.1, 0.15) is 41.0 Å². The second kappa shape index (κ2) is 6.72. The standard InChI is InChI=1S/C14H33N3/c1-8-17(11-9-10-16(6)7)12-13(2,3)14(4,5)15/h8-12,15H2,1-7H3. The van der Waals surface area contributed by atoms with Crippen molar-refractivity contribution in [2.75, 3.05) is 40.3 Å². The van der Waals surface area contributed by atoms with Crippen LogP contribution in [0.3, 0.4) is 0 Å². The fourth-order valence-corrected chi connectivity index (χ4v) is 1.72. The van der Waals surface area contributed by atoms with Crippen molar-refractivity contribution in [1.29, 1.82) is 0 Å². The summed E-state index contributed by atoms with van der Waals surface area (Å²) in [4.78, 5) is 4.75. The molecule has 0 aliphatic rings. The Kier molecular flexibility index (Phi) is 6.67. The van der Waals surface area contributed by atoms with Crippen LogP contribution in [0.25, 0.3) is 0 Å². The molecule has 3 nitrogen and oxygen atoms in total. The Morgan fingerprint density at radius 3 is 1.88 bits per heavy atom. The van der Waals surface area contributed by atoms with Gasteiger partial charge >= 0.3 is 0 Å². The molecule has 0 aliphatic heterocycles. The molecular formula is C14H33N3. The zero-order valence-electron chi connectivity index (χ0n) is 13.0. The summed E-state index contributed by atoms with van der Waals surface area (Å²) in [6.45, 7) is 15.5. The Morgan fingerprint density at radius 1 is 1.00 bits per heavy atom. The van der Waals surface area contributed by atoms with Gasteiger partial charge in [0.15, 0.2) is 0 Å². The van der Waals surface area contributed by atoms with Gasteiger partial charge in [0.05, 0.1) is 0 Å². The predicted octanol–water partition coefficient (Wildman–Crippen LogP) is 2.02. The summed E-state index contributed by atoms with van der Waals surface area (Å²) in [7, 11) is 4.26. The van der Waals surface area contributed by atoms with Crippen LogP contribution in [0, 0.1) is 5.41 Å². The van der Waals surface area contributed by atoms with Crippen LogP contribution in [-0.4, -0.2) is 55.6 Å². The molecule has 0 spiro atoms. The highest BCUT2D eigenvalue weighted by molar-refractivity contribution is 4.92. The first-order chi connectivity index (χ1) is 7.60. The normalized spacial score (nSPS) is 13.8. The smallest absolute Gasteiger partial charge is 0.0161 e. The molecule has 2 N–H and O–H groups in total. The molecule has 0 aliphatic carbocycles. The monoisotopic (exact) mass is 243 g/mol. The molecule has 3 heteroatoms. The third-order valence-electron chi connectivity index (χ3n) is 3.89. The minimum absolute atomic E-state index is 0.137. The van der Waals surface area contributed by atoms with E-state index < -0.39 is 0 Å². The van der Waals surface area contributed by atoms with E-state index in [0.717, 1.165) is 26.2 Å². The van der Waals surface area contributed by atoms with Crippen molar-refractivity contribution >= 4 is 0 Å². The van der Waals surface area contributed by atoms with Gasteiger partial charge in [0.2, 0.25) is 0 Å². The average molecular weight is 243 g/mol. The Morgan fingerprint density at radius 2 is 1.53 bits per heavy atom. The van der Waals surface area contributed by atoms with Gasteiger partial charge in [-0.2, -0.15) is 0 Å². The third kappa shape index (κ3) is 6.39. The Bertz CT molecular complexity index is 204. The van der Waals surface area contributed by atoms with Gasteiger partial charge < -0.3 is 15.5 Å². The van der Waals surface area contributed by atoms with Gasteiger partial charge in [-0.3, -0.25) is 0 Å². The van der Waals surface area contributed by atoms with Gasteiger partial charge in [-0.25, -0.2) is 0 Å². The zero-order valence-corrected chi connectivity index (χ0v) is 13.0.